The fourth-order valence-corrected chi connectivity index (χ4v) is 1.45. The van der Waals surface area contributed by atoms with Crippen LogP contribution in [0.5, 0.6) is 0 Å². The molecule has 0 radical (unpaired) electrons. The third kappa shape index (κ3) is 2.47. The van der Waals surface area contributed by atoms with Crippen LogP contribution >= 0.6 is 0 Å². The van der Waals surface area contributed by atoms with E-state index in [4.69, 9.17) is 11.5 Å². The van der Waals surface area contributed by atoms with Crippen molar-refractivity contribution in [3.8, 4) is 0 Å². The lowest BCUT2D eigenvalue weighted by Gasteiger charge is -2.02. The summed E-state index contributed by atoms with van der Waals surface area (Å²) in [5, 5.41) is 0. The molecule has 0 aliphatic heterocycles. The summed E-state index contributed by atoms with van der Waals surface area (Å²) in [6.07, 6.45) is 2.45. The van der Waals surface area contributed by atoms with Gasteiger partial charge < -0.3 is 11.5 Å². The van der Waals surface area contributed by atoms with Gasteiger partial charge in [-0.15, -0.1) is 0 Å². The van der Waals surface area contributed by atoms with Gasteiger partial charge in [0.2, 0.25) is 0 Å². The number of benzene rings is 1. The van der Waals surface area contributed by atoms with Gasteiger partial charge in [0.1, 0.15) is 0 Å². The van der Waals surface area contributed by atoms with E-state index >= 15 is 0 Å². The van der Waals surface area contributed by atoms with Crippen LogP contribution in [0.15, 0.2) is 42.6 Å². The van der Waals surface area contributed by atoms with Gasteiger partial charge in [-0.2, -0.15) is 0 Å². The van der Waals surface area contributed by atoms with Crippen LogP contribution in [0.3, 0.4) is 0 Å². The van der Waals surface area contributed by atoms with Crippen molar-refractivity contribution in [1.82, 2.24) is 4.98 Å². The number of nitrogen functional groups attached to an aromatic ring is 2. The van der Waals surface area contributed by atoms with Crippen LogP contribution in [0.25, 0.3) is 0 Å². The van der Waals surface area contributed by atoms with Crippen LogP contribution in [0, 0.1) is 0 Å². The highest BCUT2D eigenvalue weighted by atomic mass is 14.7. The lowest BCUT2D eigenvalue weighted by atomic mass is 10.1. The maximum atomic E-state index is 5.70. The van der Waals surface area contributed by atoms with Gasteiger partial charge in [0.25, 0.3) is 0 Å². The Morgan fingerprint density at radius 3 is 2.53 bits per heavy atom. The van der Waals surface area contributed by atoms with E-state index in [1.54, 1.807) is 6.20 Å². The van der Waals surface area contributed by atoms with E-state index in [0.29, 0.717) is 5.69 Å². The summed E-state index contributed by atoms with van der Waals surface area (Å²) in [7, 11) is 0. The third-order valence-corrected chi connectivity index (χ3v) is 2.18. The molecule has 3 nitrogen and oxygen atoms in total. The number of nitrogens with zero attached hydrogens (tertiary/aromatic N) is 1. The normalized spacial score (nSPS) is 10.1. The Hall–Kier alpha value is -2.03. The van der Waals surface area contributed by atoms with Gasteiger partial charge in [0, 0.05) is 17.8 Å². The number of pyridine rings is 1. The third-order valence-electron chi connectivity index (χ3n) is 2.18. The van der Waals surface area contributed by atoms with Gasteiger partial charge in [-0.05, 0) is 29.8 Å². The van der Waals surface area contributed by atoms with Crippen LogP contribution < -0.4 is 11.5 Å². The average Bonchev–Trinajstić information content (AvgIpc) is 2.22. The fraction of sp³-hybridized carbons (Fsp3) is 0.0833. The summed E-state index contributed by atoms with van der Waals surface area (Å²) >= 11 is 0. The van der Waals surface area contributed by atoms with E-state index in [1.807, 2.05) is 36.4 Å². The molecule has 0 saturated carbocycles. The summed E-state index contributed by atoms with van der Waals surface area (Å²) in [5.41, 5.74) is 14.9. The minimum Gasteiger partial charge on any atom is -0.399 e. The average molecular weight is 199 g/mol. The van der Waals surface area contributed by atoms with Crippen LogP contribution in [0.4, 0.5) is 11.4 Å². The standard InChI is InChI=1S/C12H13N3/c13-10-3-1-2-9(6-10)7-12-5-4-11(14)8-15-12/h1-6,8H,7,13-14H2. The van der Waals surface area contributed by atoms with Crippen LogP contribution in [-0.4, -0.2) is 4.98 Å². The van der Waals surface area contributed by atoms with E-state index in [1.165, 1.54) is 0 Å². The van der Waals surface area contributed by atoms with Gasteiger partial charge in [-0.25, -0.2) is 0 Å². The zero-order chi connectivity index (χ0) is 10.7. The van der Waals surface area contributed by atoms with Gasteiger partial charge in [0.05, 0.1) is 11.9 Å². The quantitative estimate of drug-likeness (QED) is 0.725. The Morgan fingerprint density at radius 1 is 1.00 bits per heavy atom. The van der Waals surface area contributed by atoms with Gasteiger partial charge >= 0.3 is 0 Å². The maximum absolute atomic E-state index is 5.70. The SMILES string of the molecule is Nc1ccc(Cc2cccc(N)c2)nc1. The predicted molar refractivity (Wildman–Crippen MR) is 62.3 cm³/mol. The number of rotatable bonds is 2. The lowest BCUT2D eigenvalue weighted by molar-refractivity contribution is 1.08. The van der Waals surface area contributed by atoms with Gasteiger partial charge in [0.15, 0.2) is 0 Å². The fourth-order valence-electron chi connectivity index (χ4n) is 1.45. The van der Waals surface area contributed by atoms with Crippen molar-refractivity contribution in [2.45, 2.75) is 6.42 Å². The molecule has 15 heavy (non-hydrogen) atoms. The molecule has 0 aliphatic carbocycles. The molecule has 2 aromatic rings. The highest BCUT2D eigenvalue weighted by Crippen LogP contribution is 2.11. The molecule has 4 N–H and O–H groups in total. The van der Waals surface area contributed by atoms with Crippen LogP contribution in [-0.2, 0) is 6.42 Å². The summed E-state index contributed by atoms with van der Waals surface area (Å²) in [6, 6.07) is 11.6. The molecule has 2 rings (SSSR count). The van der Waals surface area contributed by atoms with Crippen LogP contribution in [0.1, 0.15) is 11.3 Å². The molecular weight excluding hydrogens is 186 g/mol. The summed E-state index contributed by atoms with van der Waals surface area (Å²) in [5.74, 6) is 0. The number of hydrogen-bond donors (Lipinski definition) is 2. The van der Waals surface area contributed by atoms with Gasteiger partial charge in [-0.1, -0.05) is 12.1 Å². The van der Waals surface area contributed by atoms with Crippen molar-refractivity contribution < 1.29 is 0 Å². The lowest BCUT2D eigenvalue weighted by Crippen LogP contribution is -1.94. The van der Waals surface area contributed by atoms with Crippen LogP contribution in [0.2, 0.25) is 0 Å². The first-order chi connectivity index (χ1) is 7.24. The maximum Gasteiger partial charge on any atom is 0.0501 e. The van der Waals surface area contributed by atoms with Crippen molar-refractivity contribution in [2.75, 3.05) is 11.5 Å². The van der Waals surface area contributed by atoms with Crippen molar-refractivity contribution in [3.63, 3.8) is 0 Å². The number of aromatic nitrogens is 1. The Morgan fingerprint density at radius 2 is 1.87 bits per heavy atom. The first-order valence-corrected chi connectivity index (χ1v) is 4.79. The van der Waals surface area contributed by atoms with Crippen molar-refractivity contribution >= 4 is 11.4 Å². The molecule has 1 aromatic carbocycles. The minimum atomic E-state index is 0.686. The van der Waals surface area contributed by atoms with Crippen molar-refractivity contribution in [2.24, 2.45) is 0 Å². The molecular formula is C12H13N3. The molecule has 0 atom stereocenters. The zero-order valence-electron chi connectivity index (χ0n) is 8.35. The van der Waals surface area contributed by atoms with Crippen molar-refractivity contribution in [3.05, 3.63) is 53.9 Å². The van der Waals surface area contributed by atoms with E-state index in [9.17, 15) is 0 Å². The predicted octanol–water partition coefficient (Wildman–Crippen LogP) is 1.84. The number of hydrogen-bond acceptors (Lipinski definition) is 3. The Labute approximate surface area is 88.8 Å². The Balaban J connectivity index is 2.18. The largest absolute Gasteiger partial charge is 0.399 e. The molecule has 0 amide bonds. The molecule has 0 bridgehead atoms. The summed E-state index contributed by atoms with van der Waals surface area (Å²) in [6.45, 7) is 0. The van der Waals surface area contributed by atoms with E-state index < -0.39 is 0 Å². The molecule has 0 aliphatic rings. The molecule has 3 heteroatoms. The second-order valence-electron chi connectivity index (χ2n) is 3.50. The molecule has 0 unspecified atom stereocenters. The van der Waals surface area contributed by atoms with E-state index in [0.717, 1.165) is 23.4 Å². The molecule has 0 spiro atoms. The first kappa shape index (κ1) is 9.52. The summed E-state index contributed by atoms with van der Waals surface area (Å²) < 4.78 is 0. The zero-order valence-corrected chi connectivity index (χ0v) is 8.35. The molecule has 1 heterocycles. The molecule has 76 valence electrons. The second kappa shape index (κ2) is 4.00. The van der Waals surface area contributed by atoms with E-state index in [2.05, 4.69) is 4.98 Å². The molecule has 1 aromatic heterocycles. The monoisotopic (exact) mass is 199 g/mol. The van der Waals surface area contributed by atoms with E-state index in [-0.39, 0.29) is 0 Å². The Bertz CT molecular complexity index is 449. The highest BCUT2D eigenvalue weighted by Gasteiger charge is 1.97. The smallest absolute Gasteiger partial charge is 0.0501 e. The minimum absolute atomic E-state index is 0.686. The highest BCUT2D eigenvalue weighted by molar-refractivity contribution is 5.42. The van der Waals surface area contributed by atoms with Gasteiger partial charge in [-0.3, -0.25) is 4.98 Å². The summed E-state index contributed by atoms with van der Waals surface area (Å²) in [4.78, 5) is 4.24. The number of anilines is 2. The molecule has 0 fully saturated rings. The number of nitrogens with two attached hydrogens (primary N) is 2. The molecule has 0 saturated heterocycles. The second-order valence-corrected chi connectivity index (χ2v) is 3.50. The topological polar surface area (TPSA) is 64.9 Å². The first-order valence-electron chi connectivity index (χ1n) is 4.79. The van der Waals surface area contributed by atoms with Crippen molar-refractivity contribution in [1.29, 1.82) is 0 Å². The Kier molecular flexibility index (Phi) is 2.54.